The van der Waals surface area contributed by atoms with Gasteiger partial charge in [0, 0.05) is 12.0 Å². The van der Waals surface area contributed by atoms with Crippen LogP contribution in [0.5, 0.6) is 0 Å². The fourth-order valence-electron chi connectivity index (χ4n) is 2.03. The van der Waals surface area contributed by atoms with Gasteiger partial charge in [0.05, 0.1) is 6.10 Å². The van der Waals surface area contributed by atoms with Gasteiger partial charge in [-0.15, -0.1) is 0 Å². The molecule has 2 saturated carbocycles. The van der Waals surface area contributed by atoms with E-state index in [4.69, 9.17) is 5.73 Å². The van der Waals surface area contributed by atoms with E-state index in [0.717, 1.165) is 18.8 Å². The van der Waals surface area contributed by atoms with Crippen LogP contribution >= 0.6 is 0 Å². The molecule has 3 atom stereocenters. The highest BCUT2D eigenvalue weighted by atomic mass is 16.3. The van der Waals surface area contributed by atoms with Crippen molar-refractivity contribution < 1.29 is 5.11 Å². The Kier molecular flexibility index (Phi) is 1.52. The van der Waals surface area contributed by atoms with Crippen molar-refractivity contribution in [1.29, 1.82) is 0 Å². The first-order valence-corrected chi connectivity index (χ1v) is 4.58. The molecule has 0 amide bonds. The number of hydrogen-bond donors (Lipinski definition) is 2. The van der Waals surface area contributed by atoms with Crippen molar-refractivity contribution in [2.45, 2.75) is 32.3 Å². The summed E-state index contributed by atoms with van der Waals surface area (Å²) in [6.07, 6.45) is 3.41. The molecule has 2 heteroatoms. The summed E-state index contributed by atoms with van der Waals surface area (Å²) in [7, 11) is 0. The van der Waals surface area contributed by atoms with Crippen LogP contribution in [0.3, 0.4) is 0 Å². The zero-order valence-electron chi connectivity index (χ0n) is 7.09. The molecule has 64 valence electrons. The first kappa shape index (κ1) is 7.56. The molecule has 0 bridgehead atoms. The van der Waals surface area contributed by atoms with Gasteiger partial charge in [-0.1, -0.05) is 6.92 Å². The van der Waals surface area contributed by atoms with Crippen molar-refractivity contribution in [2.75, 3.05) is 6.54 Å². The van der Waals surface area contributed by atoms with Crippen LogP contribution in [-0.4, -0.2) is 17.8 Å². The summed E-state index contributed by atoms with van der Waals surface area (Å²) in [5.74, 6) is 1.31. The fourth-order valence-corrected chi connectivity index (χ4v) is 2.03. The van der Waals surface area contributed by atoms with E-state index >= 15 is 0 Å². The van der Waals surface area contributed by atoms with Gasteiger partial charge in [0.1, 0.15) is 0 Å². The van der Waals surface area contributed by atoms with Crippen LogP contribution in [0.25, 0.3) is 0 Å². The molecule has 0 aliphatic heterocycles. The zero-order chi connectivity index (χ0) is 8.06. The maximum Gasteiger partial charge on any atom is 0.0639 e. The Morgan fingerprint density at radius 1 is 1.64 bits per heavy atom. The third-order valence-electron chi connectivity index (χ3n) is 3.50. The lowest BCUT2D eigenvalue weighted by Gasteiger charge is -2.19. The second-order valence-electron chi connectivity index (χ2n) is 4.39. The molecule has 0 aromatic carbocycles. The molecule has 3 unspecified atom stereocenters. The van der Waals surface area contributed by atoms with Gasteiger partial charge in [-0.3, -0.25) is 0 Å². The third-order valence-corrected chi connectivity index (χ3v) is 3.50. The Bertz CT molecular complexity index is 165. The van der Waals surface area contributed by atoms with E-state index < -0.39 is 0 Å². The predicted molar refractivity (Wildman–Crippen MR) is 44.0 cm³/mol. The highest BCUT2D eigenvalue weighted by Crippen LogP contribution is 2.56. The maximum absolute atomic E-state index is 9.87. The van der Waals surface area contributed by atoms with Gasteiger partial charge < -0.3 is 10.8 Å². The Morgan fingerprint density at radius 2 is 2.18 bits per heavy atom. The third kappa shape index (κ3) is 1.09. The minimum atomic E-state index is -0.0949. The zero-order valence-corrected chi connectivity index (χ0v) is 7.09. The van der Waals surface area contributed by atoms with Gasteiger partial charge in [-0.2, -0.15) is 0 Å². The lowest BCUT2D eigenvalue weighted by Crippen LogP contribution is -2.31. The SMILES string of the molecule is CC1CC1C(O)C1(CN)CC1. The van der Waals surface area contributed by atoms with E-state index in [-0.39, 0.29) is 11.5 Å². The van der Waals surface area contributed by atoms with Gasteiger partial charge in [0.25, 0.3) is 0 Å². The molecule has 0 heterocycles. The van der Waals surface area contributed by atoms with Gasteiger partial charge in [0.15, 0.2) is 0 Å². The van der Waals surface area contributed by atoms with E-state index in [9.17, 15) is 5.11 Å². The van der Waals surface area contributed by atoms with Crippen LogP contribution in [0.15, 0.2) is 0 Å². The van der Waals surface area contributed by atoms with Crippen molar-refractivity contribution in [3.05, 3.63) is 0 Å². The second-order valence-corrected chi connectivity index (χ2v) is 4.39. The van der Waals surface area contributed by atoms with E-state index in [1.807, 2.05) is 0 Å². The topological polar surface area (TPSA) is 46.2 Å². The largest absolute Gasteiger partial charge is 0.392 e. The second kappa shape index (κ2) is 2.20. The number of aliphatic hydroxyl groups is 1. The molecule has 2 rings (SSSR count). The Hall–Kier alpha value is -0.0800. The highest BCUT2D eigenvalue weighted by molar-refractivity contribution is 5.06. The van der Waals surface area contributed by atoms with E-state index in [2.05, 4.69) is 6.92 Å². The molecule has 3 N–H and O–H groups in total. The van der Waals surface area contributed by atoms with Crippen LogP contribution in [0.2, 0.25) is 0 Å². The molecule has 0 aromatic heterocycles. The normalized spacial score (nSPS) is 41.7. The Balaban J connectivity index is 1.94. The number of aliphatic hydroxyl groups excluding tert-OH is 1. The smallest absolute Gasteiger partial charge is 0.0639 e. The summed E-state index contributed by atoms with van der Waals surface area (Å²) in [5, 5.41) is 9.87. The minimum Gasteiger partial charge on any atom is -0.392 e. The van der Waals surface area contributed by atoms with Gasteiger partial charge in [-0.05, 0) is 31.1 Å². The van der Waals surface area contributed by atoms with Crippen LogP contribution < -0.4 is 5.73 Å². The molecule has 2 nitrogen and oxygen atoms in total. The molecule has 0 spiro atoms. The van der Waals surface area contributed by atoms with Crippen LogP contribution in [-0.2, 0) is 0 Å². The summed E-state index contributed by atoms with van der Waals surface area (Å²) >= 11 is 0. The minimum absolute atomic E-state index is 0.0949. The summed E-state index contributed by atoms with van der Waals surface area (Å²) < 4.78 is 0. The number of hydrogen-bond acceptors (Lipinski definition) is 2. The van der Waals surface area contributed by atoms with Crippen molar-refractivity contribution in [2.24, 2.45) is 23.0 Å². The summed E-state index contributed by atoms with van der Waals surface area (Å²) in [5.41, 5.74) is 5.77. The summed E-state index contributed by atoms with van der Waals surface area (Å²) in [6, 6.07) is 0. The predicted octanol–water partition coefficient (Wildman–Crippen LogP) is 0.742. The van der Waals surface area contributed by atoms with Gasteiger partial charge in [0.2, 0.25) is 0 Å². The van der Waals surface area contributed by atoms with Crippen LogP contribution in [0.1, 0.15) is 26.2 Å². The molecule has 11 heavy (non-hydrogen) atoms. The molecule has 2 aliphatic carbocycles. The van der Waals surface area contributed by atoms with Gasteiger partial charge >= 0.3 is 0 Å². The summed E-state index contributed by atoms with van der Waals surface area (Å²) in [6.45, 7) is 2.89. The van der Waals surface area contributed by atoms with Crippen molar-refractivity contribution in [1.82, 2.24) is 0 Å². The maximum atomic E-state index is 9.87. The lowest BCUT2D eigenvalue weighted by atomic mass is 9.95. The van der Waals surface area contributed by atoms with Crippen molar-refractivity contribution in [3.8, 4) is 0 Å². The molecule has 0 radical (unpaired) electrons. The standard InChI is InChI=1S/C9H17NO/c1-6-4-7(6)8(11)9(5-10)2-3-9/h6-8,11H,2-5,10H2,1H3. The number of rotatable bonds is 3. The van der Waals surface area contributed by atoms with E-state index in [1.54, 1.807) is 0 Å². The molecule has 2 fully saturated rings. The average Bonchev–Trinajstić information content (AvgIpc) is 2.82. The summed E-state index contributed by atoms with van der Waals surface area (Å²) in [4.78, 5) is 0. The number of nitrogens with two attached hydrogens (primary N) is 1. The molecule has 0 saturated heterocycles. The molecular formula is C9H17NO. The van der Waals surface area contributed by atoms with E-state index in [1.165, 1.54) is 6.42 Å². The highest BCUT2D eigenvalue weighted by Gasteiger charge is 2.55. The van der Waals surface area contributed by atoms with Crippen LogP contribution in [0.4, 0.5) is 0 Å². The quantitative estimate of drug-likeness (QED) is 0.631. The fraction of sp³-hybridized carbons (Fsp3) is 1.00. The van der Waals surface area contributed by atoms with Crippen LogP contribution in [0, 0.1) is 17.3 Å². The Morgan fingerprint density at radius 3 is 2.45 bits per heavy atom. The average molecular weight is 155 g/mol. The monoisotopic (exact) mass is 155 g/mol. The molecule has 2 aliphatic rings. The van der Waals surface area contributed by atoms with Crippen molar-refractivity contribution in [3.63, 3.8) is 0 Å². The van der Waals surface area contributed by atoms with Crippen molar-refractivity contribution >= 4 is 0 Å². The first-order chi connectivity index (χ1) is 5.19. The van der Waals surface area contributed by atoms with Gasteiger partial charge in [-0.25, -0.2) is 0 Å². The Labute approximate surface area is 67.8 Å². The lowest BCUT2D eigenvalue weighted by molar-refractivity contribution is 0.0719. The molecule has 0 aromatic rings. The molecular weight excluding hydrogens is 138 g/mol. The first-order valence-electron chi connectivity index (χ1n) is 4.58. The van der Waals surface area contributed by atoms with E-state index in [0.29, 0.717) is 12.5 Å².